The molecule has 0 atom stereocenters. The van der Waals surface area contributed by atoms with E-state index in [0.29, 0.717) is 12.5 Å². The van der Waals surface area contributed by atoms with Gasteiger partial charge in [-0.1, -0.05) is 0 Å². The van der Waals surface area contributed by atoms with E-state index in [4.69, 9.17) is 14.6 Å². The third-order valence-electron chi connectivity index (χ3n) is 2.55. The SMILES string of the molecule is OCCC1CC2(C1)OCCO2. The molecule has 11 heavy (non-hydrogen) atoms. The summed E-state index contributed by atoms with van der Waals surface area (Å²) >= 11 is 0. The van der Waals surface area contributed by atoms with Gasteiger partial charge < -0.3 is 14.6 Å². The van der Waals surface area contributed by atoms with Crippen LogP contribution in [0, 0.1) is 5.92 Å². The second kappa shape index (κ2) is 2.73. The van der Waals surface area contributed by atoms with Gasteiger partial charge in [-0.15, -0.1) is 0 Å². The van der Waals surface area contributed by atoms with Crippen LogP contribution in [-0.4, -0.2) is 30.7 Å². The van der Waals surface area contributed by atoms with Crippen molar-refractivity contribution in [2.75, 3.05) is 19.8 Å². The summed E-state index contributed by atoms with van der Waals surface area (Å²) in [7, 11) is 0. The van der Waals surface area contributed by atoms with Crippen LogP contribution in [0.4, 0.5) is 0 Å². The molecular weight excluding hydrogens is 144 g/mol. The number of hydrogen-bond acceptors (Lipinski definition) is 3. The van der Waals surface area contributed by atoms with Crippen molar-refractivity contribution in [2.24, 2.45) is 5.92 Å². The predicted octanol–water partition coefficient (Wildman–Crippen LogP) is 0.522. The van der Waals surface area contributed by atoms with Crippen LogP contribution in [0.2, 0.25) is 0 Å². The summed E-state index contributed by atoms with van der Waals surface area (Å²) < 4.78 is 10.9. The summed E-state index contributed by atoms with van der Waals surface area (Å²) in [6.07, 6.45) is 2.86. The molecular formula is C8H14O3. The first-order chi connectivity index (χ1) is 5.35. The van der Waals surface area contributed by atoms with Crippen LogP contribution in [-0.2, 0) is 9.47 Å². The molecule has 3 heteroatoms. The summed E-state index contributed by atoms with van der Waals surface area (Å²) in [6, 6.07) is 0. The highest BCUT2D eigenvalue weighted by Gasteiger charge is 2.48. The Kier molecular flexibility index (Phi) is 1.87. The first-order valence-corrected chi connectivity index (χ1v) is 4.23. The fourth-order valence-corrected chi connectivity index (χ4v) is 1.94. The molecule has 1 saturated carbocycles. The Morgan fingerprint density at radius 1 is 1.27 bits per heavy atom. The molecule has 0 radical (unpaired) electrons. The smallest absolute Gasteiger partial charge is 0.169 e. The maximum atomic E-state index is 8.65. The minimum atomic E-state index is -0.222. The Morgan fingerprint density at radius 2 is 1.91 bits per heavy atom. The molecule has 0 amide bonds. The van der Waals surface area contributed by atoms with Gasteiger partial charge in [-0.05, 0) is 12.3 Å². The molecule has 0 aromatic rings. The van der Waals surface area contributed by atoms with Crippen LogP contribution in [0.25, 0.3) is 0 Å². The van der Waals surface area contributed by atoms with Crippen molar-refractivity contribution in [2.45, 2.75) is 25.0 Å². The maximum Gasteiger partial charge on any atom is 0.169 e. The first kappa shape index (κ1) is 7.53. The molecule has 0 unspecified atom stereocenters. The monoisotopic (exact) mass is 158 g/mol. The van der Waals surface area contributed by atoms with Crippen LogP contribution in [0.5, 0.6) is 0 Å². The lowest BCUT2D eigenvalue weighted by atomic mass is 9.77. The summed E-state index contributed by atoms with van der Waals surface area (Å²) in [4.78, 5) is 0. The summed E-state index contributed by atoms with van der Waals surface area (Å²) in [5.41, 5.74) is 0. The second-order valence-electron chi connectivity index (χ2n) is 3.39. The van der Waals surface area contributed by atoms with Crippen LogP contribution < -0.4 is 0 Å². The van der Waals surface area contributed by atoms with Gasteiger partial charge in [-0.3, -0.25) is 0 Å². The molecule has 2 fully saturated rings. The lowest BCUT2D eigenvalue weighted by Gasteiger charge is -2.42. The molecule has 64 valence electrons. The normalized spacial score (nSPS) is 29.2. The molecule has 2 aliphatic rings. The molecule has 1 aliphatic carbocycles. The summed E-state index contributed by atoms with van der Waals surface area (Å²) in [6.45, 7) is 1.78. The number of aliphatic hydroxyl groups excluding tert-OH is 1. The Morgan fingerprint density at radius 3 is 2.45 bits per heavy atom. The third-order valence-corrected chi connectivity index (χ3v) is 2.55. The van der Waals surface area contributed by atoms with Crippen molar-refractivity contribution in [3.05, 3.63) is 0 Å². The van der Waals surface area contributed by atoms with Gasteiger partial charge in [0.2, 0.25) is 0 Å². The molecule has 1 heterocycles. The van der Waals surface area contributed by atoms with Gasteiger partial charge in [0.15, 0.2) is 5.79 Å². The van der Waals surface area contributed by atoms with E-state index in [1.54, 1.807) is 0 Å². The van der Waals surface area contributed by atoms with Crippen molar-refractivity contribution >= 4 is 0 Å². The van der Waals surface area contributed by atoms with Crippen molar-refractivity contribution in [3.8, 4) is 0 Å². The van der Waals surface area contributed by atoms with E-state index in [-0.39, 0.29) is 5.79 Å². The summed E-state index contributed by atoms with van der Waals surface area (Å²) in [5, 5.41) is 8.65. The molecule has 1 saturated heterocycles. The van der Waals surface area contributed by atoms with Crippen molar-refractivity contribution in [1.82, 2.24) is 0 Å². The predicted molar refractivity (Wildman–Crippen MR) is 39.1 cm³/mol. The van der Waals surface area contributed by atoms with E-state index in [9.17, 15) is 0 Å². The zero-order chi connectivity index (χ0) is 7.73. The fourth-order valence-electron chi connectivity index (χ4n) is 1.94. The minimum Gasteiger partial charge on any atom is -0.396 e. The van der Waals surface area contributed by atoms with Crippen LogP contribution in [0.3, 0.4) is 0 Å². The number of aliphatic hydroxyl groups is 1. The van der Waals surface area contributed by atoms with Gasteiger partial charge in [-0.2, -0.15) is 0 Å². The molecule has 3 nitrogen and oxygen atoms in total. The van der Waals surface area contributed by atoms with Gasteiger partial charge in [0, 0.05) is 19.4 Å². The van der Waals surface area contributed by atoms with Crippen LogP contribution >= 0.6 is 0 Å². The standard InChI is InChI=1S/C8H14O3/c9-2-1-7-5-8(6-7)10-3-4-11-8/h7,9H,1-6H2. The fraction of sp³-hybridized carbons (Fsp3) is 1.00. The lowest BCUT2D eigenvalue weighted by Crippen LogP contribution is -2.45. The van der Waals surface area contributed by atoms with Crippen molar-refractivity contribution in [1.29, 1.82) is 0 Å². The third kappa shape index (κ3) is 1.28. The summed E-state index contributed by atoms with van der Waals surface area (Å²) in [5.74, 6) is 0.401. The van der Waals surface area contributed by atoms with E-state index in [1.807, 2.05) is 0 Å². The largest absolute Gasteiger partial charge is 0.396 e. The van der Waals surface area contributed by atoms with Gasteiger partial charge in [0.05, 0.1) is 13.2 Å². The zero-order valence-corrected chi connectivity index (χ0v) is 6.58. The van der Waals surface area contributed by atoms with E-state index in [2.05, 4.69) is 0 Å². The van der Waals surface area contributed by atoms with Gasteiger partial charge in [0.1, 0.15) is 0 Å². The van der Waals surface area contributed by atoms with E-state index in [0.717, 1.165) is 32.5 Å². The average Bonchev–Trinajstić information content (AvgIpc) is 2.35. The van der Waals surface area contributed by atoms with Gasteiger partial charge >= 0.3 is 0 Å². The Bertz CT molecular complexity index is 132. The van der Waals surface area contributed by atoms with Gasteiger partial charge in [0.25, 0.3) is 0 Å². The zero-order valence-electron chi connectivity index (χ0n) is 6.58. The molecule has 0 bridgehead atoms. The topological polar surface area (TPSA) is 38.7 Å². The van der Waals surface area contributed by atoms with Crippen molar-refractivity contribution < 1.29 is 14.6 Å². The number of hydrogen-bond donors (Lipinski definition) is 1. The Balaban J connectivity index is 1.77. The first-order valence-electron chi connectivity index (χ1n) is 4.23. The molecule has 0 aromatic carbocycles. The minimum absolute atomic E-state index is 0.222. The van der Waals surface area contributed by atoms with Crippen LogP contribution in [0.1, 0.15) is 19.3 Å². The van der Waals surface area contributed by atoms with Crippen LogP contribution in [0.15, 0.2) is 0 Å². The average molecular weight is 158 g/mol. The highest BCUT2D eigenvalue weighted by molar-refractivity contribution is 4.90. The maximum absolute atomic E-state index is 8.65. The molecule has 0 aromatic heterocycles. The molecule has 1 N–H and O–H groups in total. The highest BCUT2D eigenvalue weighted by atomic mass is 16.7. The quantitative estimate of drug-likeness (QED) is 0.636. The lowest BCUT2D eigenvalue weighted by molar-refractivity contribution is -0.231. The van der Waals surface area contributed by atoms with Crippen molar-refractivity contribution in [3.63, 3.8) is 0 Å². The second-order valence-corrected chi connectivity index (χ2v) is 3.39. The molecule has 1 aliphatic heterocycles. The number of ether oxygens (including phenoxy) is 2. The van der Waals surface area contributed by atoms with Gasteiger partial charge in [-0.25, -0.2) is 0 Å². The van der Waals surface area contributed by atoms with E-state index in [1.165, 1.54) is 0 Å². The Labute approximate surface area is 66.3 Å². The number of rotatable bonds is 2. The molecule has 1 spiro atoms. The highest BCUT2D eigenvalue weighted by Crippen LogP contribution is 2.45. The van der Waals surface area contributed by atoms with E-state index >= 15 is 0 Å². The Hall–Kier alpha value is -0.120. The molecule has 2 rings (SSSR count). The van der Waals surface area contributed by atoms with E-state index < -0.39 is 0 Å².